The Morgan fingerprint density at radius 1 is 1.00 bits per heavy atom. The average Bonchev–Trinajstić information content (AvgIpc) is 2.55. The van der Waals surface area contributed by atoms with E-state index in [4.69, 9.17) is 0 Å². The summed E-state index contributed by atoms with van der Waals surface area (Å²) >= 11 is 0. The molecular weight excluding hydrogens is 302 g/mol. The molecule has 0 aliphatic heterocycles. The van der Waals surface area contributed by atoms with E-state index in [1.165, 1.54) is 18.1 Å². The van der Waals surface area contributed by atoms with Crippen LogP contribution in [0.1, 0.15) is 47.2 Å². The average molecular weight is 323 g/mol. The van der Waals surface area contributed by atoms with Crippen LogP contribution >= 0.6 is 0 Å². The molecule has 0 fully saturated rings. The summed E-state index contributed by atoms with van der Waals surface area (Å²) in [6.07, 6.45) is 3.30. The lowest BCUT2D eigenvalue weighted by Gasteiger charge is -2.16. The highest BCUT2D eigenvalue weighted by Gasteiger charge is 2.27. The Kier molecular flexibility index (Phi) is 4.74. The van der Waals surface area contributed by atoms with E-state index in [-0.39, 0.29) is 17.1 Å². The van der Waals surface area contributed by atoms with Crippen LogP contribution in [0, 0.1) is 10.1 Å². The molecule has 0 radical (unpaired) electrons. The number of hydrogen-bond donors (Lipinski definition) is 0. The van der Waals surface area contributed by atoms with Gasteiger partial charge in [0.05, 0.1) is 6.42 Å². The van der Waals surface area contributed by atoms with Gasteiger partial charge in [-0.25, -0.2) is 0 Å². The zero-order chi connectivity index (χ0) is 17.1. The van der Waals surface area contributed by atoms with Gasteiger partial charge in [-0.15, -0.1) is 0 Å². The molecule has 4 aliphatic rings. The fraction of sp³-hybridized carbons (Fsp3) is 0.350. The monoisotopic (exact) mass is 323 g/mol. The molecule has 0 N–H and O–H groups in total. The SMILES string of the molecule is CC(=O)C[C@H](c1cc2ccc1CCc1ccc(cc1)CC2)[N+](=O)[O-]. The van der Waals surface area contributed by atoms with Crippen molar-refractivity contribution in [2.75, 3.05) is 0 Å². The largest absolute Gasteiger partial charge is 0.300 e. The maximum Gasteiger partial charge on any atom is 0.245 e. The molecule has 2 aromatic rings. The van der Waals surface area contributed by atoms with Crippen molar-refractivity contribution < 1.29 is 9.72 Å². The topological polar surface area (TPSA) is 60.2 Å². The lowest BCUT2D eigenvalue weighted by Crippen LogP contribution is -2.17. The molecule has 1 atom stereocenters. The molecule has 24 heavy (non-hydrogen) atoms. The third-order valence-electron chi connectivity index (χ3n) is 4.71. The van der Waals surface area contributed by atoms with Crippen LogP contribution in [0.3, 0.4) is 0 Å². The number of benzene rings is 2. The molecule has 0 unspecified atom stereocenters. The van der Waals surface area contributed by atoms with Gasteiger partial charge in [0.1, 0.15) is 5.78 Å². The van der Waals surface area contributed by atoms with Crippen molar-refractivity contribution in [1.82, 2.24) is 0 Å². The van der Waals surface area contributed by atoms with Crippen LogP contribution in [0.25, 0.3) is 0 Å². The molecule has 124 valence electrons. The molecule has 0 aromatic heterocycles. The number of carbonyl (C=O) groups excluding carboxylic acids is 1. The van der Waals surface area contributed by atoms with Crippen LogP contribution in [0.4, 0.5) is 0 Å². The Morgan fingerprint density at radius 3 is 2.12 bits per heavy atom. The van der Waals surface area contributed by atoms with Crippen molar-refractivity contribution in [3.63, 3.8) is 0 Å². The second-order valence-electron chi connectivity index (χ2n) is 6.56. The van der Waals surface area contributed by atoms with Crippen LogP contribution in [0.5, 0.6) is 0 Å². The summed E-state index contributed by atoms with van der Waals surface area (Å²) in [5, 5.41) is 11.5. The van der Waals surface area contributed by atoms with E-state index in [2.05, 4.69) is 30.3 Å². The Morgan fingerprint density at radius 2 is 1.54 bits per heavy atom. The minimum Gasteiger partial charge on any atom is -0.300 e. The summed E-state index contributed by atoms with van der Waals surface area (Å²) in [7, 11) is 0. The van der Waals surface area contributed by atoms with Crippen LogP contribution in [-0.4, -0.2) is 10.7 Å². The van der Waals surface area contributed by atoms with Gasteiger partial charge in [0.25, 0.3) is 0 Å². The highest BCUT2D eigenvalue weighted by atomic mass is 16.6. The molecule has 0 spiro atoms. The summed E-state index contributed by atoms with van der Waals surface area (Å²) in [5.41, 5.74) is 5.29. The molecule has 0 amide bonds. The first kappa shape index (κ1) is 16.4. The minimum atomic E-state index is -0.943. The van der Waals surface area contributed by atoms with Crippen LogP contribution in [0.15, 0.2) is 42.5 Å². The number of carbonyl (C=O) groups is 1. The normalized spacial score (nSPS) is 14.7. The van der Waals surface area contributed by atoms with Crippen LogP contribution in [-0.2, 0) is 30.5 Å². The lowest BCUT2D eigenvalue weighted by atomic mass is 9.89. The van der Waals surface area contributed by atoms with Crippen molar-refractivity contribution in [2.24, 2.45) is 0 Å². The molecule has 4 heteroatoms. The predicted molar refractivity (Wildman–Crippen MR) is 92.7 cm³/mol. The predicted octanol–water partition coefficient (Wildman–Crippen LogP) is 3.87. The highest BCUT2D eigenvalue weighted by molar-refractivity contribution is 5.76. The van der Waals surface area contributed by atoms with Gasteiger partial charge in [0, 0.05) is 10.5 Å². The Balaban J connectivity index is 2.01. The molecular formula is C20H21NO3. The summed E-state index contributed by atoms with van der Waals surface area (Å²) < 4.78 is 0. The van der Waals surface area contributed by atoms with Gasteiger partial charge in [0.15, 0.2) is 0 Å². The third kappa shape index (κ3) is 3.70. The van der Waals surface area contributed by atoms with Gasteiger partial charge in [-0.1, -0.05) is 36.4 Å². The van der Waals surface area contributed by atoms with E-state index < -0.39 is 6.04 Å². The number of rotatable bonds is 4. The molecule has 2 aromatic carbocycles. The number of aryl methyl sites for hydroxylation is 4. The van der Waals surface area contributed by atoms with Crippen molar-refractivity contribution in [3.05, 3.63) is 80.4 Å². The first-order chi connectivity index (χ1) is 11.5. The Bertz CT molecular complexity index is 765. The minimum absolute atomic E-state index is 0.0444. The molecule has 4 aliphatic carbocycles. The number of nitro groups is 1. The van der Waals surface area contributed by atoms with Crippen molar-refractivity contribution >= 4 is 5.78 Å². The van der Waals surface area contributed by atoms with Crippen molar-refractivity contribution in [2.45, 2.75) is 45.1 Å². The van der Waals surface area contributed by atoms with Crippen LogP contribution in [0.2, 0.25) is 0 Å². The van der Waals surface area contributed by atoms with Gasteiger partial charge in [0.2, 0.25) is 6.04 Å². The maximum absolute atomic E-state index is 11.5. The van der Waals surface area contributed by atoms with Crippen molar-refractivity contribution in [1.29, 1.82) is 0 Å². The molecule has 4 nitrogen and oxygen atoms in total. The highest BCUT2D eigenvalue weighted by Crippen LogP contribution is 2.28. The van der Waals surface area contributed by atoms with Gasteiger partial charge in [-0.05, 0) is 60.9 Å². The second kappa shape index (κ2) is 6.95. The van der Waals surface area contributed by atoms with Gasteiger partial charge in [-0.2, -0.15) is 0 Å². The van der Waals surface area contributed by atoms with Gasteiger partial charge < -0.3 is 0 Å². The molecule has 0 heterocycles. The molecule has 6 rings (SSSR count). The van der Waals surface area contributed by atoms with Crippen LogP contribution < -0.4 is 0 Å². The number of hydrogen-bond acceptors (Lipinski definition) is 3. The quantitative estimate of drug-likeness (QED) is 0.634. The zero-order valence-corrected chi connectivity index (χ0v) is 13.8. The van der Waals surface area contributed by atoms with Gasteiger partial charge in [-0.3, -0.25) is 14.9 Å². The third-order valence-corrected chi connectivity index (χ3v) is 4.71. The second-order valence-corrected chi connectivity index (χ2v) is 6.56. The van der Waals surface area contributed by atoms with Gasteiger partial charge >= 0.3 is 0 Å². The maximum atomic E-state index is 11.5. The lowest BCUT2D eigenvalue weighted by molar-refractivity contribution is -0.527. The number of ketones is 1. The Labute approximate surface area is 141 Å². The van der Waals surface area contributed by atoms with E-state index >= 15 is 0 Å². The Hall–Kier alpha value is -2.49. The molecule has 0 saturated carbocycles. The summed E-state index contributed by atoms with van der Waals surface area (Å²) in [4.78, 5) is 22.7. The number of nitrogens with zero attached hydrogens (tertiary/aromatic N) is 1. The van der Waals surface area contributed by atoms with E-state index in [0.717, 1.165) is 36.8 Å². The molecule has 4 bridgehead atoms. The fourth-order valence-electron chi connectivity index (χ4n) is 3.35. The fourth-order valence-corrected chi connectivity index (χ4v) is 3.35. The van der Waals surface area contributed by atoms with E-state index in [9.17, 15) is 14.9 Å². The number of Topliss-reactive ketones (excluding diaryl/α,β-unsaturated/α-hetero) is 1. The standard InChI is InChI=1S/C20H21NO3/c1-14(22)12-20(21(23)24)19-13-17-7-6-15-2-4-16(5-3-15)8-10-18(19)11-9-17/h2-5,9,11,13,20H,6-8,10,12H2,1H3/t20-/m1/s1. The smallest absolute Gasteiger partial charge is 0.245 e. The zero-order valence-electron chi connectivity index (χ0n) is 13.8. The summed E-state index contributed by atoms with van der Waals surface area (Å²) in [5.74, 6) is -0.149. The molecule has 0 saturated heterocycles. The van der Waals surface area contributed by atoms with E-state index in [0.29, 0.717) is 5.56 Å². The van der Waals surface area contributed by atoms with Crippen molar-refractivity contribution in [3.8, 4) is 0 Å². The first-order valence-corrected chi connectivity index (χ1v) is 8.35. The van der Waals surface area contributed by atoms with E-state index in [1.54, 1.807) is 0 Å². The van der Waals surface area contributed by atoms with E-state index in [1.807, 2.05) is 12.1 Å². The first-order valence-electron chi connectivity index (χ1n) is 8.35. The summed E-state index contributed by atoms with van der Waals surface area (Å²) in [6, 6.07) is 13.7. The summed E-state index contributed by atoms with van der Waals surface area (Å²) in [6.45, 7) is 1.42.